The Hall–Kier alpha value is -4.33. The zero-order chi connectivity index (χ0) is 24.5. The third-order valence-corrected chi connectivity index (χ3v) is 6.01. The van der Waals surface area contributed by atoms with E-state index in [0.29, 0.717) is 40.7 Å². The van der Waals surface area contributed by atoms with Gasteiger partial charge in [-0.3, -0.25) is 19.5 Å². The maximum Gasteiger partial charge on any atom is 0.300 e. The fourth-order valence-corrected chi connectivity index (χ4v) is 4.32. The highest BCUT2D eigenvalue weighted by Gasteiger charge is 2.47. The van der Waals surface area contributed by atoms with E-state index < -0.39 is 17.7 Å². The second-order valence-corrected chi connectivity index (χ2v) is 8.32. The first-order valence-corrected chi connectivity index (χ1v) is 11.3. The van der Waals surface area contributed by atoms with Gasteiger partial charge in [-0.15, -0.1) is 0 Å². The number of benzene rings is 2. The van der Waals surface area contributed by atoms with Crippen molar-refractivity contribution in [3.63, 3.8) is 0 Å². The molecule has 2 aliphatic heterocycles. The number of aryl methyl sites for hydroxylation is 1. The maximum absolute atomic E-state index is 13.3. The van der Waals surface area contributed by atoms with Gasteiger partial charge in [-0.2, -0.15) is 0 Å². The Labute approximate surface area is 202 Å². The minimum atomic E-state index is -0.852. The molecule has 3 aromatic rings. The normalized spacial score (nSPS) is 18.2. The summed E-state index contributed by atoms with van der Waals surface area (Å²) in [5.74, 6) is -0.0194. The van der Waals surface area contributed by atoms with Gasteiger partial charge in [0.05, 0.1) is 18.2 Å². The molecular weight excluding hydrogens is 448 g/mol. The molecule has 1 unspecified atom stereocenters. The summed E-state index contributed by atoms with van der Waals surface area (Å²) in [6.07, 6.45) is 4.04. The molecule has 8 nitrogen and oxygen atoms in total. The number of Topliss-reactive ketones (excluding diaryl/α,β-unsaturated/α-hetero) is 1. The SMILES string of the molecule is CCCOc1ccc(/C(O)=C2\C(=O)C(=O)N(c3ccc4c(c3)OCO4)C2c2ccncc2)cc1C. The van der Waals surface area contributed by atoms with Gasteiger partial charge in [-0.25, -0.2) is 0 Å². The molecule has 0 radical (unpaired) electrons. The first kappa shape index (κ1) is 22.5. The summed E-state index contributed by atoms with van der Waals surface area (Å²) < 4.78 is 16.6. The zero-order valence-corrected chi connectivity index (χ0v) is 19.4. The van der Waals surface area contributed by atoms with Crippen LogP contribution in [0.3, 0.4) is 0 Å². The number of carbonyl (C=O) groups is 2. The Kier molecular flexibility index (Phi) is 5.86. The van der Waals surface area contributed by atoms with Crippen LogP contribution in [0.15, 0.2) is 66.5 Å². The van der Waals surface area contributed by atoms with Gasteiger partial charge >= 0.3 is 0 Å². The van der Waals surface area contributed by atoms with E-state index in [1.54, 1.807) is 60.9 Å². The van der Waals surface area contributed by atoms with Crippen molar-refractivity contribution >= 4 is 23.1 Å². The number of ether oxygens (including phenoxy) is 3. The number of aliphatic hydroxyl groups is 1. The third kappa shape index (κ3) is 3.97. The van der Waals surface area contributed by atoms with Crippen LogP contribution in [0.4, 0.5) is 5.69 Å². The minimum Gasteiger partial charge on any atom is -0.507 e. The number of anilines is 1. The highest BCUT2D eigenvalue weighted by molar-refractivity contribution is 6.51. The summed E-state index contributed by atoms with van der Waals surface area (Å²) >= 11 is 0. The predicted molar refractivity (Wildman–Crippen MR) is 129 cm³/mol. The summed E-state index contributed by atoms with van der Waals surface area (Å²) in [7, 11) is 0. The Balaban J connectivity index is 1.63. The van der Waals surface area contributed by atoms with Crippen LogP contribution >= 0.6 is 0 Å². The van der Waals surface area contributed by atoms with E-state index in [0.717, 1.165) is 12.0 Å². The van der Waals surface area contributed by atoms with E-state index in [9.17, 15) is 14.7 Å². The topological polar surface area (TPSA) is 98.2 Å². The van der Waals surface area contributed by atoms with Gasteiger partial charge < -0.3 is 19.3 Å². The maximum atomic E-state index is 13.3. The Morgan fingerprint density at radius 3 is 2.60 bits per heavy atom. The van der Waals surface area contributed by atoms with Crippen LogP contribution in [0.5, 0.6) is 17.2 Å². The Bertz CT molecular complexity index is 1330. The standard InChI is InChI=1S/C27H24N2O6/c1-3-12-33-20-6-4-18(13-16(20)2)25(30)23-24(17-8-10-28-11-9-17)29(27(32)26(23)31)19-5-7-21-22(14-19)35-15-34-21/h4-11,13-14,24,30H,3,12,15H2,1-2H3/b25-23+. The van der Waals surface area contributed by atoms with Crippen molar-refractivity contribution in [2.75, 3.05) is 18.3 Å². The molecule has 2 aromatic carbocycles. The van der Waals surface area contributed by atoms with Gasteiger partial charge in [0.2, 0.25) is 6.79 Å². The zero-order valence-electron chi connectivity index (χ0n) is 19.4. The molecule has 1 fully saturated rings. The van der Waals surface area contributed by atoms with Gasteiger partial charge in [0.25, 0.3) is 11.7 Å². The molecule has 3 heterocycles. The molecule has 5 rings (SSSR count). The van der Waals surface area contributed by atoms with Crippen LogP contribution in [0.1, 0.15) is 36.1 Å². The van der Waals surface area contributed by atoms with Crippen LogP contribution in [-0.2, 0) is 9.59 Å². The monoisotopic (exact) mass is 472 g/mol. The van der Waals surface area contributed by atoms with Crippen molar-refractivity contribution in [2.24, 2.45) is 0 Å². The number of amides is 1. The predicted octanol–water partition coefficient (Wildman–Crippen LogP) is 4.53. The second-order valence-electron chi connectivity index (χ2n) is 8.32. The number of aliphatic hydroxyl groups excluding tert-OH is 1. The Morgan fingerprint density at radius 2 is 1.86 bits per heavy atom. The fourth-order valence-electron chi connectivity index (χ4n) is 4.32. The Morgan fingerprint density at radius 1 is 1.09 bits per heavy atom. The lowest BCUT2D eigenvalue weighted by Gasteiger charge is -2.25. The number of ketones is 1. The number of nitrogens with zero attached hydrogens (tertiary/aromatic N) is 2. The number of hydrogen-bond acceptors (Lipinski definition) is 7. The molecule has 0 saturated carbocycles. The number of hydrogen-bond donors (Lipinski definition) is 1. The van der Waals surface area contributed by atoms with E-state index in [2.05, 4.69) is 4.98 Å². The van der Waals surface area contributed by atoms with Gasteiger partial charge in [-0.1, -0.05) is 6.92 Å². The third-order valence-electron chi connectivity index (χ3n) is 6.01. The van der Waals surface area contributed by atoms with E-state index >= 15 is 0 Å². The molecule has 1 atom stereocenters. The first-order valence-electron chi connectivity index (χ1n) is 11.3. The summed E-state index contributed by atoms with van der Waals surface area (Å²) in [6.45, 7) is 4.55. The summed E-state index contributed by atoms with van der Waals surface area (Å²) in [4.78, 5) is 32.0. The van der Waals surface area contributed by atoms with Crippen molar-refractivity contribution in [1.29, 1.82) is 0 Å². The number of carbonyl (C=O) groups excluding carboxylic acids is 2. The average molecular weight is 472 g/mol. The highest BCUT2D eigenvalue weighted by Crippen LogP contribution is 2.45. The summed E-state index contributed by atoms with van der Waals surface area (Å²) in [5.41, 5.74) is 2.33. The lowest BCUT2D eigenvalue weighted by Crippen LogP contribution is -2.29. The minimum absolute atomic E-state index is 0.000457. The lowest BCUT2D eigenvalue weighted by molar-refractivity contribution is -0.132. The average Bonchev–Trinajstić information content (AvgIpc) is 3.45. The number of pyridine rings is 1. The lowest BCUT2D eigenvalue weighted by atomic mass is 9.95. The molecule has 0 aliphatic carbocycles. The van der Waals surface area contributed by atoms with Crippen molar-refractivity contribution in [3.8, 4) is 17.2 Å². The second kappa shape index (κ2) is 9.13. The number of aromatic nitrogens is 1. The van der Waals surface area contributed by atoms with Crippen molar-refractivity contribution in [3.05, 3.63) is 83.2 Å². The van der Waals surface area contributed by atoms with Gasteiger partial charge in [0.1, 0.15) is 11.5 Å². The van der Waals surface area contributed by atoms with Crippen molar-refractivity contribution in [2.45, 2.75) is 26.3 Å². The molecular formula is C27H24N2O6. The molecule has 1 aromatic heterocycles. The molecule has 1 saturated heterocycles. The quantitative estimate of drug-likeness (QED) is 0.320. The van der Waals surface area contributed by atoms with Crippen LogP contribution in [-0.4, -0.2) is 35.2 Å². The van der Waals surface area contributed by atoms with Gasteiger partial charge in [0, 0.05) is 29.7 Å². The first-order chi connectivity index (χ1) is 17.0. The van der Waals surface area contributed by atoms with Crippen LogP contribution in [0.2, 0.25) is 0 Å². The number of rotatable bonds is 6. The molecule has 0 bridgehead atoms. The van der Waals surface area contributed by atoms with E-state index in [4.69, 9.17) is 14.2 Å². The van der Waals surface area contributed by atoms with Crippen molar-refractivity contribution in [1.82, 2.24) is 4.98 Å². The van der Waals surface area contributed by atoms with Crippen LogP contribution in [0.25, 0.3) is 5.76 Å². The fraction of sp³-hybridized carbons (Fsp3) is 0.222. The molecule has 8 heteroatoms. The van der Waals surface area contributed by atoms with E-state index in [1.807, 2.05) is 13.8 Å². The number of fused-ring (bicyclic) bond motifs is 1. The molecule has 2 aliphatic rings. The smallest absolute Gasteiger partial charge is 0.300 e. The van der Waals surface area contributed by atoms with E-state index in [-0.39, 0.29) is 18.1 Å². The largest absolute Gasteiger partial charge is 0.507 e. The molecule has 0 spiro atoms. The highest BCUT2D eigenvalue weighted by atomic mass is 16.7. The molecule has 1 N–H and O–H groups in total. The van der Waals surface area contributed by atoms with Crippen LogP contribution in [0, 0.1) is 6.92 Å². The van der Waals surface area contributed by atoms with Crippen LogP contribution < -0.4 is 19.1 Å². The van der Waals surface area contributed by atoms with Gasteiger partial charge in [-0.05, 0) is 66.9 Å². The molecule has 178 valence electrons. The van der Waals surface area contributed by atoms with Gasteiger partial charge in [0.15, 0.2) is 11.5 Å². The molecule has 35 heavy (non-hydrogen) atoms. The van der Waals surface area contributed by atoms with E-state index in [1.165, 1.54) is 4.90 Å². The summed E-state index contributed by atoms with van der Waals surface area (Å²) in [6, 6.07) is 12.8. The summed E-state index contributed by atoms with van der Waals surface area (Å²) in [5, 5.41) is 11.3. The van der Waals surface area contributed by atoms with Crippen molar-refractivity contribution < 1.29 is 28.9 Å². The molecule has 1 amide bonds.